The quantitative estimate of drug-likeness (QED) is 0.766. The van der Waals surface area contributed by atoms with Gasteiger partial charge < -0.3 is 5.73 Å². The zero-order valence-corrected chi connectivity index (χ0v) is 8.01. The van der Waals surface area contributed by atoms with Crippen molar-refractivity contribution >= 4 is 0 Å². The molecule has 72 valence electrons. The van der Waals surface area contributed by atoms with Crippen molar-refractivity contribution in [3.05, 3.63) is 42.0 Å². The second-order valence-corrected chi connectivity index (χ2v) is 3.18. The van der Waals surface area contributed by atoms with E-state index in [1.807, 2.05) is 19.1 Å². The van der Waals surface area contributed by atoms with E-state index >= 15 is 0 Å². The molecule has 0 saturated carbocycles. The number of hydrogen-bond donors (Lipinski definition) is 1. The van der Waals surface area contributed by atoms with Crippen LogP contribution in [-0.2, 0) is 6.54 Å². The number of hydrogen-bond acceptors (Lipinski definition) is 3. The van der Waals surface area contributed by atoms with Crippen LogP contribution in [0.15, 0.2) is 30.9 Å². The molecule has 0 atom stereocenters. The summed E-state index contributed by atoms with van der Waals surface area (Å²) in [6.45, 7) is 2.56. The summed E-state index contributed by atoms with van der Waals surface area (Å²) in [7, 11) is 0. The summed E-state index contributed by atoms with van der Waals surface area (Å²) < 4.78 is 1.72. The van der Waals surface area contributed by atoms with Crippen LogP contribution in [0, 0.1) is 6.92 Å². The average Bonchev–Trinajstić information content (AvgIpc) is 2.70. The van der Waals surface area contributed by atoms with Crippen LogP contribution in [0.25, 0.3) is 5.69 Å². The van der Waals surface area contributed by atoms with Gasteiger partial charge in [-0.05, 0) is 18.6 Å². The molecule has 0 aliphatic heterocycles. The third kappa shape index (κ3) is 1.52. The molecule has 0 amide bonds. The minimum absolute atomic E-state index is 0.511. The van der Waals surface area contributed by atoms with Crippen LogP contribution < -0.4 is 5.73 Å². The van der Waals surface area contributed by atoms with Gasteiger partial charge in [-0.3, -0.25) is 0 Å². The lowest BCUT2D eigenvalue weighted by Gasteiger charge is -2.07. The number of nitrogens with two attached hydrogens (primary N) is 1. The highest BCUT2D eigenvalue weighted by Gasteiger charge is 2.03. The predicted molar refractivity (Wildman–Crippen MR) is 54.0 cm³/mol. The molecule has 14 heavy (non-hydrogen) atoms. The molecule has 0 fully saturated rings. The van der Waals surface area contributed by atoms with Crippen molar-refractivity contribution in [2.45, 2.75) is 13.5 Å². The topological polar surface area (TPSA) is 56.7 Å². The Hall–Kier alpha value is -1.68. The summed E-state index contributed by atoms with van der Waals surface area (Å²) in [4.78, 5) is 3.91. The number of aromatic nitrogens is 3. The summed E-state index contributed by atoms with van der Waals surface area (Å²) in [5, 5.41) is 4.07. The van der Waals surface area contributed by atoms with Crippen molar-refractivity contribution in [3.63, 3.8) is 0 Å². The zero-order chi connectivity index (χ0) is 9.97. The van der Waals surface area contributed by atoms with Gasteiger partial charge in [0.2, 0.25) is 0 Å². The van der Waals surface area contributed by atoms with Gasteiger partial charge in [0, 0.05) is 6.54 Å². The second kappa shape index (κ2) is 3.59. The lowest BCUT2D eigenvalue weighted by Crippen LogP contribution is -2.05. The van der Waals surface area contributed by atoms with Crippen LogP contribution in [-0.4, -0.2) is 14.8 Å². The van der Waals surface area contributed by atoms with Gasteiger partial charge >= 0.3 is 0 Å². The normalized spacial score (nSPS) is 10.4. The van der Waals surface area contributed by atoms with Crippen molar-refractivity contribution in [1.82, 2.24) is 14.8 Å². The molecule has 1 heterocycles. The molecule has 0 saturated heterocycles. The Kier molecular flexibility index (Phi) is 2.28. The third-order valence-corrected chi connectivity index (χ3v) is 2.12. The van der Waals surface area contributed by atoms with Gasteiger partial charge in [0.05, 0.1) is 5.69 Å². The van der Waals surface area contributed by atoms with E-state index in [1.165, 1.54) is 11.9 Å². The first-order valence-corrected chi connectivity index (χ1v) is 4.46. The molecule has 2 N–H and O–H groups in total. The molecule has 4 heteroatoms. The lowest BCUT2D eigenvalue weighted by atomic mass is 10.1. The van der Waals surface area contributed by atoms with Gasteiger partial charge in [-0.1, -0.05) is 17.7 Å². The van der Waals surface area contributed by atoms with Crippen LogP contribution in [0.4, 0.5) is 0 Å². The summed E-state index contributed by atoms with van der Waals surface area (Å²) in [6, 6.07) is 6.11. The zero-order valence-electron chi connectivity index (χ0n) is 8.01. The van der Waals surface area contributed by atoms with Crippen molar-refractivity contribution in [2.75, 3.05) is 0 Å². The number of benzene rings is 1. The van der Waals surface area contributed by atoms with Crippen molar-refractivity contribution < 1.29 is 0 Å². The minimum atomic E-state index is 0.511. The fraction of sp³-hybridized carbons (Fsp3) is 0.200. The minimum Gasteiger partial charge on any atom is -0.326 e. The van der Waals surface area contributed by atoms with Crippen LogP contribution in [0.5, 0.6) is 0 Å². The molecular weight excluding hydrogens is 176 g/mol. The molecule has 0 aliphatic rings. The molecule has 2 aromatic rings. The highest BCUT2D eigenvalue weighted by atomic mass is 15.3. The molecule has 4 nitrogen and oxygen atoms in total. The maximum Gasteiger partial charge on any atom is 0.138 e. The maximum atomic E-state index is 5.66. The largest absolute Gasteiger partial charge is 0.326 e. The van der Waals surface area contributed by atoms with Crippen molar-refractivity contribution in [1.29, 1.82) is 0 Å². The molecule has 0 aliphatic carbocycles. The van der Waals surface area contributed by atoms with E-state index in [0.29, 0.717) is 6.54 Å². The average molecular weight is 188 g/mol. The summed E-state index contributed by atoms with van der Waals surface area (Å²) >= 11 is 0. The first-order valence-electron chi connectivity index (χ1n) is 4.46. The maximum absolute atomic E-state index is 5.66. The number of rotatable bonds is 2. The van der Waals surface area contributed by atoms with Crippen molar-refractivity contribution in [3.8, 4) is 5.69 Å². The Morgan fingerprint density at radius 1 is 1.43 bits per heavy atom. The molecule has 0 unspecified atom stereocenters. The Bertz CT molecular complexity index is 420. The van der Waals surface area contributed by atoms with Gasteiger partial charge in [-0.25, -0.2) is 9.67 Å². The van der Waals surface area contributed by atoms with E-state index in [0.717, 1.165) is 11.3 Å². The SMILES string of the molecule is Cc1ccc(-n2cncn2)c(CN)c1. The number of nitrogens with zero attached hydrogens (tertiary/aromatic N) is 3. The molecule has 0 spiro atoms. The van der Waals surface area contributed by atoms with Crippen LogP contribution in [0.3, 0.4) is 0 Å². The van der Waals surface area contributed by atoms with Crippen LogP contribution in [0.1, 0.15) is 11.1 Å². The highest BCUT2D eigenvalue weighted by Crippen LogP contribution is 2.14. The molecular formula is C10H12N4. The van der Waals surface area contributed by atoms with Gasteiger partial charge in [0.25, 0.3) is 0 Å². The van der Waals surface area contributed by atoms with E-state index in [4.69, 9.17) is 5.73 Å². The van der Waals surface area contributed by atoms with E-state index in [2.05, 4.69) is 16.1 Å². The Balaban J connectivity index is 2.53. The van der Waals surface area contributed by atoms with Crippen molar-refractivity contribution in [2.24, 2.45) is 5.73 Å². The van der Waals surface area contributed by atoms with Crippen LogP contribution in [0.2, 0.25) is 0 Å². The number of aryl methyl sites for hydroxylation is 1. The summed E-state index contributed by atoms with van der Waals surface area (Å²) in [6.07, 6.45) is 3.18. The Labute approximate surface area is 82.4 Å². The standard InChI is InChI=1S/C10H12N4/c1-8-2-3-10(9(4-8)5-11)14-7-12-6-13-14/h2-4,6-7H,5,11H2,1H3. The Morgan fingerprint density at radius 2 is 2.29 bits per heavy atom. The van der Waals surface area contributed by atoms with Crippen LogP contribution >= 0.6 is 0 Å². The molecule has 2 rings (SSSR count). The second-order valence-electron chi connectivity index (χ2n) is 3.18. The summed E-state index contributed by atoms with van der Waals surface area (Å²) in [5.74, 6) is 0. The fourth-order valence-corrected chi connectivity index (χ4v) is 1.43. The highest BCUT2D eigenvalue weighted by molar-refractivity contribution is 5.42. The lowest BCUT2D eigenvalue weighted by molar-refractivity contribution is 0.856. The van der Waals surface area contributed by atoms with Gasteiger partial charge in [-0.15, -0.1) is 0 Å². The monoisotopic (exact) mass is 188 g/mol. The van der Waals surface area contributed by atoms with Gasteiger partial charge in [0.15, 0.2) is 0 Å². The molecule has 0 bridgehead atoms. The first-order chi connectivity index (χ1) is 6.81. The Morgan fingerprint density at radius 3 is 2.93 bits per heavy atom. The predicted octanol–water partition coefficient (Wildman–Crippen LogP) is 1.03. The van der Waals surface area contributed by atoms with E-state index in [-0.39, 0.29) is 0 Å². The fourth-order valence-electron chi connectivity index (χ4n) is 1.43. The van der Waals surface area contributed by atoms with E-state index < -0.39 is 0 Å². The van der Waals surface area contributed by atoms with Gasteiger partial charge in [0.1, 0.15) is 12.7 Å². The smallest absolute Gasteiger partial charge is 0.138 e. The van der Waals surface area contributed by atoms with E-state index in [1.54, 1.807) is 11.0 Å². The van der Waals surface area contributed by atoms with E-state index in [9.17, 15) is 0 Å². The first kappa shape index (κ1) is 8.90. The van der Waals surface area contributed by atoms with Gasteiger partial charge in [-0.2, -0.15) is 5.10 Å². The third-order valence-electron chi connectivity index (χ3n) is 2.12. The summed E-state index contributed by atoms with van der Waals surface area (Å²) in [5.41, 5.74) is 8.94. The molecule has 1 aromatic carbocycles. The molecule has 0 radical (unpaired) electrons. The molecule has 1 aromatic heterocycles.